The molecule has 2 aromatic carbocycles. The molecule has 0 aliphatic carbocycles. The summed E-state index contributed by atoms with van der Waals surface area (Å²) in [5, 5.41) is 19.5. The maximum atomic E-state index is 12.1. The molecule has 3 rings (SSSR count). The first-order valence-electron chi connectivity index (χ1n) is 4.76. The van der Waals surface area contributed by atoms with Gasteiger partial charge in [0.2, 0.25) is 0 Å². The van der Waals surface area contributed by atoms with Gasteiger partial charge in [0.15, 0.2) is 0 Å². The van der Waals surface area contributed by atoms with Crippen LogP contribution in [0.3, 0.4) is 0 Å². The number of rotatable bonds is 0. The van der Waals surface area contributed by atoms with Gasteiger partial charge in [-0.15, -0.1) is 0 Å². The van der Waals surface area contributed by atoms with Crippen molar-refractivity contribution < 1.29 is 14.4 Å². The fourth-order valence-corrected chi connectivity index (χ4v) is 3.39. The zero-order valence-electron chi connectivity index (χ0n) is 8.18. The highest BCUT2D eigenvalue weighted by Gasteiger charge is 2.30. The van der Waals surface area contributed by atoms with Gasteiger partial charge in [-0.25, -0.2) is 4.21 Å². The molecule has 80 valence electrons. The SMILES string of the molecule is O=S1c2cccc(O)c2-c2c(O)cccc21. The van der Waals surface area contributed by atoms with E-state index in [4.69, 9.17) is 0 Å². The lowest BCUT2D eigenvalue weighted by Gasteiger charge is -2.03. The lowest BCUT2D eigenvalue weighted by atomic mass is 10.0. The van der Waals surface area contributed by atoms with E-state index < -0.39 is 10.8 Å². The molecule has 0 saturated carbocycles. The Kier molecular flexibility index (Phi) is 1.82. The van der Waals surface area contributed by atoms with E-state index >= 15 is 0 Å². The zero-order chi connectivity index (χ0) is 11.3. The third-order valence-electron chi connectivity index (χ3n) is 2.66. The second-order valence-electron chi connectivity index (χ2n) is 3.57. The standard InChI is InChI=1S/C12H8O3S/c13-7-3-1-5-9-11(7)12-8(14)4-2-6-10(12)16(9)15/h1-6,13-14H. The number of phenols is 2. The highest BCUT2D eigenvalue weighted by molar-refractivity contribution is 7.85. The third kappa shape index (κ3) is 1.05. The number of fused-ring (bicyclic) bond motifs is 3. The molecule has 0 radical (unpaired) electrons. The predicted molar refractivity (Wildman–Crippen MR) is 59.9 cm³/mol. The maximum Gasteiger partial charge on any atom is 0.124 e. The molecule has 0 bridgehead atoms. The molecular formula is C12H8O3S. The smallest absolute Gasteiger partial charge is 0.124 e. The summed E-state index contributed by atoms with van der Waals surface area (Å²) >= 11 is 0. The van der Waals surface area contributed by atoms with E-state index in [1.54, 1.807) is 24.3 Å². The predicted octanol–water partition coefficient (Wildman–Crippen LogP) is 2.24. The first-order valence-corrected chi connectivity index (χ1v) is 5.91. The lowest BCUT2D eigenvalue weighted by Crippen LogP contribution is -1.84. The van der Waals surface area contributed by atoms with Crippen molar-refractivity contribution in [3.8, 4) is 22.6 Å². The van der Waals surface area contributed by atoms with Gasteiger partial charge in [-0.3, -0.25) is 0 Å². The quantitative estimate of drug-likeness (QED) is 0.625. The molecule has 0 amide bonds. The number of phenolic OH excluding ortho intramolecular Hbond substituents is 2. The van der Waals surface area contributed by atoms with Crippen molar-refractivity contribution in [2.75, 3.05) is 0 Å². The zero-order valence-corrected chi connectivity index (χ0v) is 8.99. The molecule has 0 spiro atoms. The van der Waals surface area contributed by atoms with Crippen molar-refractivity contribution in [1.29, 1.82) is 0 Å². The Morgan fingerprint density at radius 2 is 1.25 bits per heavy atom. The first kappa shape index (κ1) is 9.42. The van der Waals surface area contributed by atoms with Crippen molar-refractivity contribution in [3.05, 3.63) is 36.4 Å². The Bertz CT molecular complexity index is 566. The van der Waals surface area contributed by atoms with E-state index in [1.165, 1.54) is 12.1 Å². The van der Waals surface area contributed by atoms with E-state index in [9.17, 15) is 14.4 Å². The van der Waals surface area contributed by atoms with Crippen LogP contribution in [0, 0.1) is 0 Å². The number of aromatic hydroxyl groups is 2. The van der Waals surface area contributed by atoms with Crippen LogP contribution in [0.15, 0.2) is 46.2 Å². The van der Waals surface area contributed by atoms with Crippen LogP contribution >= 0.6 is 0 Å². The van der Waals surface area contributed by atoms with Crippen molar-refractivity contribution in [1.82, 2.24) is 0 Å². The highest BCUT2D eigenvalue weighted by atomic mass is 32.2. The number of hydrogen-bond acceptors (Lipinski definition) is 3. The van der Waals surface area contributed by atoms with Gasteiger partial charge in [-0.05, 0) is 24.3 Å². The lowest BCUT2D eigenvalue weighted by molar-refractivity contribution is 0.467. The molecule has 1 aliphatic heterocycles. The summed E-state index contributed by atoms with van der Waals surface area (Å²) in [6.45, 7) is 0. The molecule has 1 aliphatic rings. The Morgan fingerprint density at radius 3 is 1.69 bits per heavy atom. The van der Waals surface area contributed by atoms with E-state index in [0.717, 1.165) is 0 Å². The van der Waals surface area contributed by atoms with E-state index in [-0.39, 0.29) is 11.5 Å². The Balaban J connectivity index is 2.48. The van der Waals surface area contributed by atoms with Gasteiger partial charge in [0.25, 0.3) is 0 Å². The largest absolute Gasteiger partial charge is 0.507 e. The van der Waals surface area contributed by atoms with Crippen LogP contribution in [0.5, 0.6) is 11.5 Å². The Hall–Kier alpha value is -1.81. The van der Waals surface area contributed by atoms with Gasteiger partial charge in [0.05, 0.1) is 20.6 Å². The van der Waals surface area contributed by atoms with Gasteiger partial charge in [-0.1, -0.05) is 12.1 Å². The van der Waals surface area contributed by atoms with Crippen molar-refractivity contribution in [2.45, 2.75) is 9.79 Å². The van der Waals surface area contributed by atoms with Crippen LogP contribution in [0.1, 0.15) is 0 Å². The second-order valence-corrected chi connectivity index (χ2v) is 4.99. The van der Waals surface area contributed by atoms with Gasteiger partial charge >= 0.3 is 0 Å². The minimum absolute atomic E-state index is 0.0473. The van der Waals surface area contributed by atoms with E-state index in [0.29, 0.717) is 20.9 Å². The number of benzene rings is 2. The van der Waals surface area contributed by atoms with Crippen LogP contribution in [0.4, 0.5) is 0 Å². The monoisotopic (exact) mass is 232 g/mol. The maximum absolute atomic E-state index is 12.1. The fraction of sp³-hybridized carbons (Fsp3) is 0. The van der Waals surface area contributed by atoms with Gasteiger partial charge in [0.1, 0.15) is 11.5 Å². The average molecular weight is 232 g/mol. The minimum Gasteiger partial charge on any atom is -0.507 e. The summed E-state index contributed by atoms with van der Waals surface area (Å²) in [7, 11) is -1.31. The van der Waals surface area contributed by atoms with Crippen LogP contribution < -0.4 is 0 Å². The highest BCUT2D eigenvalue weighted by Crippen LogP contribution is 2.48. The second kappa shape index (κ2) is 3.09. The molecule has 16 heavy (non-hydrogen) atoms. The molecule has 0 aromatic heterocycles. The molecular weight excluding hydrogens is 224 g/mol. The van der Waals surface area contributed by atoms with Gasteiger partial charge in [0, 0.05) is 11.1 Å². The molecule has 1 heterocycles. The van der Waals surface area contributed by atoms with Crippen LogP contribution in [-0.4, -0.2) is 14.4 Å². The van der Waals surface area contributed by atoms with Crippen molar-refractivity contribution >= 4 is 10.8 Å². The third-order valence-corrected chi connectivity index (χ3v) is 4.14. The van der Waals surface area contributed by atoms with Crippen LogP contribution in [0.25, 0.3) is 11.1 Å². The van der Waals surface area contributed by atoms with Gasteiger partial charge in [-0.2, -0.15) is 0 Å². The van der Waals surface area contributed by atoms with Crippen molar-refractivity contribution in [2.24, 2.45) is 0 Å². The minimum atomic E-state index is -1.31. The van der Waals surface area contributed by atoms with Crippen LogP contribution in [-0.2, 0) is 10.8 Å². The Morgan fingerprint density at radius 1 is 0.812 bits per heavy atom. The number of hydrogen-bond donors (Lipinski definition) is 2. The molecule has 0 fully saturated rings. The summed E-state index contributed by atoms with van der Waals surface area (Å²) in [5.41, 5.74) is 0.961. The molecule has 0 unspecified atom stereocenters. The molecule has 2 N–H and O–H groups in total. The average Bonchev–Trinajstić information content (AvgIpc) is 2.56. The van der Waals surface area contributed by atoms with E-state index in [1.807, 2.05) is 0 Å². The fourth-order valence-electron chi connectivity index (χ4n) is 1.97. The molecule has 2 aromatic rings. The summed E-state index contributed by atoms with van der Waals surface area (Å²) in [5.74, 6) is 0.0946. The molecule has 3 nitrogen and oxygen atoms in total. The van der Waals surface area contributed by atoms with Crippen LogP contribution in [0.2, 0.25) is 0 Å². The topological polar surface area (TPSA) is 57.5 Å². The normalized spacial score (nSPS) is 13.5. The summed E-state index contributed by atoms with van der Waals surface area (Å²) in [6.07, 6.45) is 0. The summed E-state index contributed by atoms with van der Waals surface area (Å²) < 4.78 is 12.1. The molecule has 0 atom stereocenters. The van der Waals surface area contributed by atoms with E-state index in [2.05, 4.69) is 0 Å². The molecule has 0 saturated heterocycles. The molecule has 4 heteroatoms. The summed E-state index contributed by atoms with van der Waals surface area (Å²) in [4.78, 5) is 1.10. The van der Waals surface area contributed by atoms with Gasteiger partial charge < -0.3 is 10.2 Å². The Labute approximate surface area is 94.4 Å². The summed E-state index contributed by atoms with van der Waals surface area (Å²) in [6, 6.07) is 9.74. The van der Waals surface area contributed by atoms with Crippen molar-refractivity contribution in [3.63, 3.8) is 0 Å². The first-order chi connectivity index (χ1) is 7.70.